The fourth-order valence-electron chi connectivity index (χ4n) is 4.88. The molecule has 1 aliphatic heterocycles. The molecule has 0 unspecified atom stereocenters. The van der Waals surface area contributed by atoms with E-state index < -0.39 is 15.6 Å². The van der Waals surface area contributed by atoms with Gasteiger partial charge in [0.1, 0.15) is 5.60 Å². The average Bonchev–Trinajstić information content (AvgIpc) is 3.29. The first-order valence-electron chi connectivity index (χ1n) is 12.3. The number of carbonyl (C=O) groups excluding carboxylic acids is 1. The van der Waals surface area contributed by atoms with Gasteiger partial charge in [-0.2, -0.15) is 0 Å². The standard InChI is InChI=1S/C28H31N3O4S/c1-29-17-19-30(20-18-29)16-4-5-22-8-10-25(11-9-22)36(34,35)31-26-7-3-2-6-23(26)21-27(31)28(33)14-12-24(32)13-15-28/h2-3,6-15,21,33H,4-5,16-20H2,1H3. The van der Waals surface area contributed by atoms with Crippen LogP contribution >= 0.6 is 0 Å². The molecule has 1 fully saturated rings. The van der Waals surface area contributed by atoms with Crippen LogP contribution in [0, 0.1) is 0 Å². The first kappa shape index (κ1) is 24.6. The van der Waals surface area contributed by atoms with Gasteiger partial charge in [0.25, 0.3) is 10.0 Å². The third kappa shape index (κ3) is 4.82. The zero-order chi connectivity index (χ0) is 25.3. The minimum Gasteiger partial charge on any atom is -0.376 e. The van der Waals surface area contributed by atoms with Crippen molar-refractivity contribution >= 4 is 26.7 Å². The molecule has 188 valence electrons. The molecule has 0 bridgehead atoms. The monoisotopic (exact) mass is 505 g/mol. The predicted molar refractivity (Wildman–Crippen MR) is 140 cm³/mol. The highest BCUT2D eigenvalue weighted by atomic mass is 32.2. The normalized spacial score (nSPS) is 18.8. The average molecular weight is 506 g/mol. The van der Waals surface area contributed by atoms with E-state index in [4.69, 9.17) is 0 Å². The van der Waals surface area contributed by atoms with Crippen LogP contribution in [0.1, 0.15) is 17.7 Å². The van der Waals surface area contributed by atoms with Gasteiger partial charge >= 0.3 is 0 Å². The number of carbonyl (C=O) groups is 1. The molecule has 5 rings (SSSR count). The molecule has 2 heterocycles. The number of benzene rings is 2. The molecule has 3 aromatic rings. The molecule has 7 nitrogen and oxygen atoms in total. The Morgan fingerprint density at radius 1 is 0.944 bits per heavy atom. The molecule has 1 aromatic heterocycles. The number of piperazine rings is 1. The van der Waals surface area contributed by atoms with E-state index in [1.165, 1.54) is 28.3 Å². The Kier molecular flexibility index (Phi) is 6.70. The van der Waals surface area contributed by atoms with Crippen molar-refractivity contribution in [3.05, 3.63) is 90.2 Å². The minimum absolute atomic E-state index is 0.149. The zero-order valence-corrected chi connectivity index (χ0v) is 21.2. The second kappa shape index (κ2) is 9.78. The van der Waals surface area contributed by atoms with Gasteiger partial charge < -0.3 is 14.9 Å². The van der Waals surface area contributed by atoms with Crippen molar-refractivity contribution in [3.8, 4) is 0 Å². The highest BCUT2D eigenvalue weighted by molar-refractivity contribution is 7.90. The molecule has 1 aliphatic carbocycles. The summed E-state index contributed by atoms with van der Waals surface area (Å²) in [6.07, 6.45) is 7.08. The number of aryl methyl sites for hydroxylation is 1. The third-order valence-corrected chi connectivity index (χ3v) is 8.82. The van der Waals surface area contributed by atoms with E-state index in [1.54, 1.807) is 36.4 Å². The summed E-state index contributed by atoms with van der Waals surface area (Å²) < 4.78 is 28.9. The summed E-state index contributed by atoms with van der Waals surface area (Å²) >= 11 is 0. The number of para-hydroxylation sites is 1. The van der Waals surface area contributed by atoms with Crippen molar-refractivity contribution in [1.29, 1.82) is 0 Å². The zero-order valence-electron chi connectivity index (χ0n) is 20.4. The summed E-state index contributed by atoms with van der Waals surface area (Å²) in [6.45, 7) is 5.41. The summed E-state index contributed by atoms with van der Waals surface area (Å²) in [5.74, 6) is -0.256. The maximum absolute atomic E-state index is 13.9. The fourth-order valence-corrected chi connectivity index (χ4v) is 6.45. The Hall–Kier alpha value is -3.04. The molecular formula is C28H31N3O4S. The van der Waals surface area contributed by atoms with Crippen LogP contribution in [0.25, 0.3) is 10.9 Å². The highest BCUT2D eigenvalue weighted by Gasteiger charge is 2.34. The number of aliphatic hydroxyl groups is 1. The molecule has 36 heavy (non-hydrogen) atoms. The van der Waals surface area contributed by atoms with Crippen molar-refractivity contribution in [2.75, 3.05) is 39.8 Å². The Balaban J connectivity index is 1.40. The molecule has 0 atom stereocenters. The number of allylic oxidation sites excluding steroid dienone is 2. The largest absolute Gasteiger partial charge is 0.376 e. The van der Waals surface area contributed by atoms with Crippen LogP contribution in [0.3, 0.4) is 0 Å². The molecule has 0 saturated carbocycles. The first-order valence-corrected chi connectivity index (χ1v) is 13.7. The lowest BCUT2D eigenvalue weighted by molar-refractivity contribution is -0.110. The van der Waals surface area contributed by atoms with Crippen LogP contribution in [-0.2, 0) is 26.8 Å². The van der Waals surface area contributed by atoms with Gasteiger partial charge in [-0.3, -0.25) is 4.79 Å². The highest BCUT2D eigenvalue weighted by Crippen LogP contribution is 2.35. The molecule has 2 aromatic carbocycles. The quantitative estimate of drug-likeness (QED) is 0.532. The topological polar surface area (TPSA) is 82.8 Å². The number of hydrogen-bond acceptors (Lipinski definition) is 6. The number of ketones is 1. The molecule has 0 amide bonds. The molecular weight excluding hydrogens is 474 g/mol. The van der Waals surface area contributed by atoms with E-state index in [2.05, 4.69) is 16.8 Å². The summed E-state index contributed by atoms with van der Waals surface area (Å²) in [7, 11) is -1.87. The number of rotatable bonds is 7. The van der Waals surface area contributed by atoms with Gasteiger partial charge in [0, 0.05) is 31.6 Å². The van der Waals surface area contributed by atoms with Gasteiger partial charge in [0.15, 0.2) is 5.78 Å². The predicted octanol–water partition coefficient (Wildman–Crippen LogP) is 2.94. The third-order valence-electron chi connectivity index (χ3n) is 7.08. The van der Waals surface area contributed by atoms with Crippen LogP contribution in [0.5, 0.6) is 0 Å². The van der Waals surface area contributed by atoms with Crippen molar-refractivity contribution in [2.45, 2.75) is 23.3 Å². The van der Waals surface area contributed by atoms with Gasteiger partial charge in [-0.25, -0.2) is 12.4 Å². The summed E-state index contributed by atoms with van der Waals surface area (Å²) in [5, 5.41) is 12.0. The number of aromatic nitrogens is 1. The number of hydrogen-bond donors (Lipinski definition) is 1. The van der Waals surface area contributed by atoms with Crippen molar-refractivity contribution in [2.24, 2.45) is 0 Å². The van der Waals surface area contributed by atoms with E-state index in [9.17, 15) is 18.3 Å². The summed E-state index contributed by atoms with van der Waals surface area (Å²) in [6, 6.07) is 15.8. The van der Waals surface area contributed by atoms with E-state index in [0.29, 0.717) is 10.9 Å². The van der Waals surface area contributed by atoms with Gasteiger partial charge in [0.2, 0.25) is 0 Å². The molecule has 8 heteroatoms. The summed E-state index contributed by atoms with van der Waals surface area (Å²) in [4.78, 5) is 16.6. The van der Waals surface area contributed by atoms with Crippen molar-refractivity contribution in [1.82, 2.24) is 13.8 Å². The molecule has 0 radical (unpaired) electrons. The van der Waals surface area contributed by atoms with Crippen LogP contribution < -0.4 is 0 Å². The van der Waals surface area contributed by atoms with Crippen LogP contribution in [0.15, 0.2) is 83.8 Å². The molecule has 0 spiro atoms. The second-order valence-corrected chi connectivity index (χ2v) is 11.4. The van der Waals surface area contributed by atoms with Gasteiger partial charge in [-0.15, -0.1) is 0 Å². The van der Waals surface area contributed by atoms with E-state index in [-0.39, 0.29) is 16.4 Å². The van der Waals surface area contributed by atoms with Crippen molar-refractivity contribution < 1.29 is 18.3 Å². The van der Waals surface area contributed by atoms with Gasteiger partial charge in [-0.05, 0) is 80.6 Å². The Morgan fingerprint density at radius 2 is 1.61 bits per heavy atom. The Morgan fingerprint density at radius 3 is 2.31 bits per heavy atom. The smallest absolute Gasteiger partial charge is 0.268 e. The first-order chi connectivity index (χ1) is 17.3. The van der Waals surface area contributed by atoms with E-state index in [1.807, 2.05) is 18.2 Å². The van der Waals surface area contributed by atoms with E-state index >= 15 is 0 Å². The lowest BCUT2D eigenvalue weighted by Gasteiger charge is -2.32. The molecule has 2 aliphatic rings. The molecule has 1 saturated heterocycles. The van der Waals surface area contributed by atoms with E-state index in [0.717, 1.165) is 51.1 Å². The summed E-state index contributed by atoms with van der Waals surface area (Å²) in [5.41, 5.74) is 0.00946. The Bertz CT molecular complexity index is 1410. The lowest BCUT2D eigenvalue weighted by atomic mass is 9.94. The number of likely N-dealkylation sites (N-methyl/N-ethyl adjacent to an activating group) is 1. The molecule has 1 N–H and O–H groups in total. The van der Waals surface area contributed by atoms with Gasteiger partial charge in [0.05, 0.1) is 16.1 Å². The lowest BCUT2D eigenvalue weighted by Crippen LogP contribution is -2.44. The van der Waals surface area contributed by atoms with Crippen LogP contribution in [-0.4, -0.2) is 72.9 Å². The van der Waals surface area contributed by atoms with Crippen LogP contribution in [0.4, 0.5) is 0 Å². The minimum atomic E-state index is -4.02. The Labute approximate surface area is 212 Å². The fraction of sp³-hybridized carbons (Fsp3) is 0.321. The second-order valence-electron chi connectivity index (χ2n) is 9.64. The SMILES string of the molecule is CN1CCN(CCCc2ccc(S(=O)(=O)n3c(C4(O)C=CC(=O)C=C4)cc4ccccc43)cc2)CC1. The maximum Gasteiger partial charge on any atom is 0.268 e. The van der Waals surface area contributed by atoms with Gasteiger partial charge in [-0.1, -0.05) is 30.3 Å². The number of fused-ring (bicyclic) bond motifs is 1. The number of nitrogens with zero attached hydrogens (tertiary/aromatic N) is 3. The van der Waals surface area contributed by atoms with Crippen molar-refractivity contribution in [3.63, 3.8) is 0 Å². The van der Waals surface area contributed by atoms with Crippen LogP contribution in [0.2, 0.25) is 0 Å². The maximum atomic E-state index is 13.9.